The predicted molar refractivity (Wildman–Crippen MR) is 69.9 cm³/mol. The van der Waals surface area contributed by atoms with Gasteiger partial charge in [0.05, 0.1) is 6.26 Å². The van der Waals surface area contributed by atoms with Crippen molar-refractivity contribution in [2.45, 2.75) is 38.8 Å². The second-order valence-corrected chi connectivity index (χ2v) is 5.03. The second kappa shape index (κ2) is 4.53. The summed E-state index contributed by atoms with van der Waals surface area (Å²) in [5.41, 5.74) is 2.27. The van der Waals surface area contributed by atoms with Crippen molar-refractivity contribution in [1.82, 2.24) is 5.32 Å². The molecule has 90 valence electrons. The summed E-state index contributed by atoms with van der Waals surface area (Å²) in [6, 6.07) is 8.98. The molecular formula is C15H19NO. The highest BCUT2D eigenvalue weighted by Crippen LogP contribution is 2.35. The fourth-order valence-electron chi connectivity index (χ4n) is 2.60. The van der Waals surface area contributed by atoms with Gasteiger partial charge in [0, 0.05) is 23.5 Å². The van der Waals surface area contributed by atoms with Crippen LogP contribution >= 0.6 is 0 Å². The first-order valence-corrected chi connectivity index (χ1v) is 6.57. The third-order valence-electron chi connectivity index (χ3n) is 3.70. The molecule has 1 N–H and O–H groups in total. The van der Waals surface area contributed by atoms with Crippen LogP contribution in [-0.2, 0) is 6.54 Å². The van der Waals surface area contributed by atoms with Crippen LogP contribution in [0.3, 0.4) is 0 Å². The molecule has 1 aliphatic rings. The summed E-state index contributed by atoms with van der Waals surface area (Å²) in [5.74, 6) is 0.915. The van der Waals surface area contributed by atoms with Gasteiger partial charge in [-0.2, -0.15) is 0 Å². The maximum Gasteiger partial charge on any atom is 0.134 e. The standard InChI is InChI=1S/C15H19NO/c1-2-5-11-8-14(11)16-9-12-10-17-15-7-4-3-6-13(12)15/h3-4,6-7,10-11,14,16H,2,5,8-9H2,1H3. The lowest BCUT2D eigenvalue weighted by Gasteiger charge is -2.02. The Bertz CT molecular complexity index is 502. The molecule has 1 aromatic heterocycles. The van der Waals surface area contributed by atoms with Crippen molar-refractivity contribution >= 4 is 11.0 Å². The first-order chi connectivity index (χ1) is 8.38. The Morgan fingerprint density at radius 3 is 3.12 bits per heavy atom. The number of nitrogens with one attached hydrogen (secondary N) is 1. The quantitative estimate of drug-likeness (QED) is 0.845. The van der Waals surface area contributed by atoms with E-state index >= 15 is 0 Å². The van der Waals surface area contributed by atoms with Crippen LogP contribution in [0.4, 0.5) is 0 Å². The molecule has 0 spiro atoms. The van der Waals surface area contributed by atoms with E-state index in [1.54, 1.807) is 0 Å². The van der Waals surface area contributed by atoms with Crippen LogP contribution in [0.1, 0.15) is 31.7 Å². The molecule has 3 rings (SSSR count). The molecule has 2 aromatic rings. The van der Waals surface area contributed by atoms with Crippen molar-refractivity contribution in [3.8, 4) is 0 Å². The lowest BCUT2D eigenvalue weighted by molar-refractivity contribution is 0.582. The Labute approximate surface area is 102 Å². The van der Waals surface area contributed by atoms with E-state index in [1.165, 1.54) is 30.2 Å². The number of hydrogen-bond donors (Lipinski definition) is 1. The fourth-order valence-corrected chi connectivity index (χ4v) is 2.60. The summed E-state index contributed by atoms with van der Waals surface area (Å²) < 4.78 is 5.54. The third kappa shape index (κ3) is 2.22. The van der Waals surface area contributed by atoms with E-state index in [0.717, 1.165) is 24.1 Å². The van der Waals surface area contributed by atoms with Crippen LogP contribution in [0.2, 0.25) is 0 Å². The van der Waals surface area contributed by atoms with E-state index in [0.29, 0.717) is 0 Å². The van der Waals surface area contributed by atoms with Crippen LogP contribution in [0.25, 0.3) is 11.0 Å². The summed E-state index contributed by atoms with van der Waals surface area (Å²) in [6.07, 6.45) is 5.90. The zero-order chi connectivity index (χ0) is 11.7. The van der Waals surface area contributed by atoms with Gasteiger partial charge < -0.3 is 9.73 Å². The van der Waals surface area contributed by atoms with Crippen LogP contribution < -0.4 is 5.32 Å². The largest absolute Gasteiger partial charge is 0.464 e. The van der Waals surface area contributed by atoms with Gasteiger partial charge in [0.15, 0.2) is 0 Å². The minimum absolute atomic E-state index is 0.739. The summed E-state index contributed by atoms with van der Waals surface area (Å²) in [6.45, 7) is 3.20. The smallest absolute Gasteiger partial charge is 0.134 e. The summed E-state index contributed by atoms with van der Waals surface area (Å²) in [7, 11) is 0. The van der Waals surface area contributed by atoms with E-state index in [4.69, 9.17) is 4.42 Å². The van der Waals surface area contributed by atoms with E-state index in [2.05, 4.69) is 24.4 Å². The van der Waals surface area contributed by atoms with E-state index in [9.17, 15) is 0 Å². The average Bonchev–Trinajstić information content (AvgIpc) is 2.97. The van der Waals surface area contributed by atoms with Crippen molar-refractivity contribution in [2.75, 3.05) is 0 Å². The number of hydrogen-bond acceptors (Lipinski definition) is 2. The highest BCUT2D eigenvalue weighted by Gasteiger charge is 2.35. The molecule has 17 heavy (non-hydrogen) atoms. The van der Waals surface area contributed by atoms with Gasteiger partial charge in [-0.25, -0.2) is 0 Å². The molecule has 1 aromatic carbocycles. The number of benzene rings is 1. The molecular weight excluding hydrogens is 210 g/mol. The minimum atomic E-state index is 0.739. The van der Waals surface area contributed by atoms with Gasteiger partial charge in [-0.05, 0) is 24.8 Å². The molecule has 0 radical (unpaired) electrons. The van der Waals surface area contributed by atoms with Gasteiger partial charge in [-0.1, -0.05) is 31.5 Å². The van der Waals surface area contributed by atoms with E-state index < -0.39 is 0 Å². The first kappa shape index (κ1) is 10.8. The number of para-hydroxylation sites is 1. The zero-order valence-corrected chi connectivity index (χ0v) is 10.3. The van der Waals surface area contributed by atoms with Crippen molar-refractivity contribution < 1.29 is 4.42 Å². The van der Waals surface area contributed by atoms with Crippen molar-refractivity contribution in [2.24, 2.45) is 5.92 Å². The Morgan fingerprint density at radius 2 is 2.24 bits per heavy atom. The average molecular weight is 229 g/mol. The molecule has 0 amide bonds. The molecule has 1 heterocycles. The predicted octanol–water partition coefficient (Wildman–Crippen LogP) is 3.71. The molecule has 0 aliphatic heterocycles. The SMILES string of the molecule is CCCC1CC1NCc1coc2ccccc12. The van der Waals surface area contributed by atoms with Crippen LogP contribution in [0.15, 0.2) is 34.9 Å². The normalized spacial score (nSPS) is 23.1. The Morgan fingerprint density at radius 1 is 1.35 bits per heavy atom. The van der Waals surface area contributed by atoms with Gasteiger partial charge in [-0.3, -0.25) is 0 Å². The molecule has 1 saturated carbocycles. The van der Waals surface area contributed by atoms with Crippen LogP contribution in [0.5, 0.6) is 0 Å². The topological polar surface area (TPSA) is 25.2 Å². The molecule has 0 bridgehead atoms. The number of fused-ring (bicyclic) bond motifs is 1. The number of furan rings is 1. The maximum absolute atomic E-state index is 5.54. The molecule has 2 unspecified atom stereocenters. The lowest BCUT2D eigenvalue weighted by Crippen LogP contribution is -2.17. The highest BCUT2D eigenvalue weighted by atomic mass is 16.3. The molecule has 2 heteroatoms. The van der Waals surface area contributed by atoms with Gasteiger partial charge >= 0.3 is 0 Å². The zero-order valence-electron chi connectivity index (χ0n) is 10.3. The van der Waals surface area contributed by atoms with Crippen molar-refractivity contribution in [3.63, 3.8) is 0 Å². The first-order valence-electron chi connectivity index (χ1n) is 6.57. The second-order valence-electron chi connectivity index (χ2n) is 5.03. The Balaban J connectivity index is 1.62. The van der Waals surface area contributed by atoms with E-state index in [-0.39, 0.29) is 0 Å². The third-order valence-corrected chi connectivity index (χ3v) is 3.70. The summed E-state index contributed by atoms with van der Waals surface area (Å²) >= 11 is 0. The Hall–Kier alpha value is -1.28. The lowest BCUT2D eigenvalue weighted by atomic mass is 10.2. The molecule has 2 atom stereocenters. The summed E-state index contributed by atoms with van der Waals surface area (Å²) in [4.78, 5) is 0. The molecule has 0 saturated heterocycles. The maximum atomic E-state index is 5.54. The fraction of sp³-hybridized carbons (Fsp3) is 0.467. The Kier molecular flexibility index (Phi) is 2.89. The van der Waals surface area contributed by atoms with Gasteiger partial charge in [0.25, 0.3) is 0 Å². The number of rotatable bonds is 5. The van der Waals surface area contributed by atoms with Crippen molar-refractivity contribution in [1.29, 1.82) is 0 Å². The van der Waals surface area contributed by atoms with Crippen molar-refractivity contribution in [3.05, 3.63) is 36.1 Å². The minimum Gasteiger partial charge on any atom is -0.464 e. The van der Waals surface area contributed by atoms with Crippen LogP contribution in [0, 0.1) is 5.92 Å². The van der Waals surface area contributed by atoms with Gasteiger partial charge in [-0.15, -0.1) is 0 Å². The summed E-state index contributed by atoms with van der Waals surface area (Å²) in [5, 5.41) is 4.87. The highest BCUT2D eigenvalue weighted by molar-refractivity contribution is 5.80. The van der Waals surface area contributed by atoms with Crippen LogP contribution in [-0.4, -0.2) is 6.04 Å². The monoisotopic (exact) mass is 229 g/mol. The van der Waals surface area contributed by atoms with E-state index in [1.807, 2.05) is 18.4 Å². The van der Waals surface area contributed by atoms with Gasteiger partial charge in [0.1, 0.15) is 5.58 Å². The molecule has 1 aliphatic carbocycles. The molecule has 2 nitrogen and oxygen atoms in total. The van der Waals surface area contributed by atoms with Gasteiger partial charge in [0.2, 0.25) is 0 Å². The molecule has 1 fully saturated rings.